The van der Waals surface area contributed by atoms with Gasteiger partial charge in [0.1, 0.15) is 12.4 Å². The summed E-state index contributed by atoms with van der Waals surface area (Å²) in [4.78, 5) is 4.25. The summed E-state index contributed by atoms with van der Waals surface area (Å²) >= 11 is 0. The highest BCUT2D eigenvalue weighted by molar-refractivity contribution is 4.96. The molecule has 2 rings (SSSR count). The van der Waals surface area contributed by atoms with Crippen molar-refractivity contribution < 1.29 is 0 Å². The van der Waals surface area contributed by atoms with Gasteiger partial charge in [-0.2, -0.15) is 0 Å². The van der Waals surface area contributed by atoms with E-state index in [4.69, 9.17) is 0 Å². The van der Waals surface area contributed by atoms with Gasteiger partial charge in [-0.05, 0) is 13.0 Å². The van der Waals surface area contributed by atoms with E-state index in [1.807, 2.05) is 28.7 Å². The second kappa shape index (κ2) is 5.58. The first-order valence-corrected chi connectivity index (χ1v) is 5.85. The van der Waals surface area contributed by atoms with Crippen molar-refractivity contribution in [3.8, 4) is 0 Å². The van der Waals surface area contributed by atoms with Crippen molar-refractivity contribution in [2.24, 2.45) is 7.05 Å². The number of hydrogen-bond acceptors (Lipinski definition) is 4. The van der Waals surface area contributed by atoms with Crippen LogP contribution in [0.15, 0.2) is 18.6 Å². The van der Waals surface area contributed by atoms with Crippen molar-refractivity contribution >= 4 is 0 Å². The molecular formula is C11H18N6. The van der Waals surface area contributed by atoms with Crippen LogP contribution in [-0.2, 0) is 20.1 Å². The third-order valence-corrected chi connectivity index (χ3v) is 2.54. The zero-order chi connectivity index (χ0) is 12.1. The zero-order valence-corrected chi connectivity index (χ0v) is 10.3. The first-order chi connectivity index (χ1) is 8.29. The largest absolute Gasteiger partial charge is 0.336 e. The predicted octanol–water partition coefficient (Wildman–Crippen LogP) is 0.559. The van der Waals surface area contributed by atoms with Crippen LogP contribution in [0.5, 0.6) is 0 Å². The third-order valence-electron chi connectivity index (χ3n) is 2.54. The number of nitrogens with one attached hydrogen (secondary N) is 1. The summed E-state index contributed by atoms with van der Waals surface area (Å²) in [6, 6.07) is 0. The quantitative estimate of drug-likeness (QED) is 0.742. The topological polar surface area (TPSA) is 60.6 Å². The number of rotatable bonds is 6. The molecule has 0 amide bonds. The predicted molar refractivity (Wildman–Crippen MR) is 64.3 cm³/mol. The van der Waals surface area contributed by atoms with Crippen molar-refractivity contribution in [1.82, 2.24) is 29.9 Å². The van der Waals surface area contributed by atoms with Crippen LogP contribution in [0.4, 0.5) is 0 Å². The molecule has 0 aliphatic carbocycles. The molecule has 0 aliphatic heterocycles. The number of hydrogen-bond donors (Lipinski definition) is 1. The lowest BCUT2D eigenvalue weighted by Gasteiger charge is -2.00. The number of aromatic nitrogens is 5. The average Bonchev–Trinajstić information content (AvgIpc) is 2.91. The molecule has 92 valence electrons. The van der Waals surface area contributed by atoms with Crippen LogP contribution in [0.2, 0.25) is 0 Å². The van der Waals surface area contributed by atoms with Crippen LogP contribution in [0.25, 0.3) is 0 Å². The van der Waals surface area contributed by atoms with Gasteiger partial charge in [0, 0.05) is 26.0 Å². The highest BCUT2D eigenvalue weighted by Crippen LogP contribution is 1.99. The van der Waals surface area contributed by atoms with Crippen LogP contribution < -0.4 is 5.32 Å². The minimum Gasteiger partial charge on any atom is -0.336 e. The normalized spacial score (nSPS) is 10.9. The molecule has 0 saturated carbocycles. The van der Waals surface area contributed by atoms with Crippen LogP contribution in [0.3, 0.4) is 0 Å². The van der Waals surface area contributed by atoms with Gasteiger partial charge in [0.15, 0.2) is 0 Å². The molecule has 1 N–H and O–H groups in total. The Morgan fingerprint density at radius 1 is 1.41 bits per heavy atom. The maximum absolute atomic E-state index is 4.25. The van der Waals surface area contributed by atoms with Gasteiger partial charge in [0.25, 0.3) is 0 Å². The SMILES string of the molecule is CCCNCc1cn(Cc2nccn2C)nn1. The Kier molecular flexibility index (Phi) is 3.87. The summed E-state index contributed by atoms with van der Waals surface area (Å²) in [7, 11) is 1.98. The lowest BCUT2D eigenvalue weighted by atomic mass is 10.4. The van der Waals surface area contributed by atoms with Gasteiger partial charge in [-0.25, -0.2) is 9.67 Å². The highest BCUT2D eigenvalue weighted by atomic mass is 15.4. The van der Waals surface area contributed by atoms with E-state index < -0.39 is 0 Å². The minimum atomic E-state index is 0.657. The Morgan fingerprint density at radius 3 is 3.00 bits per heavy atom. The molecule has 6 heteroatoms. The van der Waals surface area contributed by atoms with Crippen molar-refractivity contribution in [3.63, 3.8) is 0 Å². The summed E-state index contributed by atoms with van der Waals surface area (Å²) in [6.07, 6.45) is 6.80. The van der Waals surface area contributed by atoms with Gasteiger partial charge in [-0.1, -0.05) is 12.1 Å². The Bertz CT molecular complexity index is 458. The van der Waals surface area contributed by atoms with E-state index in [2.05, 4.69) is 27.5 Å². The molecule has 2 aromatic rings. The Balaban J connectivity index is 1.92. The first kappa shape index (κ1) is 11.8. The fourth-order valence-corrected chi connectivity index (χ4v) is 1.58. The van der Waals surface area contributed by atoms with E-state index in [-0.39, 0.29) is 0 Å². The molecule has 2 heterocycles. The van der Waals surface area contributed by atoms with Gasteiger partial charge in [0.05, 0.1) is 11.9 Å². The maximum atomic E-state index is 4.25. The molecule has 0 radical (unpaired) electrons. The van der Waals surface area contributed by atoms with E-state index in [9.17, 15) is 0 Å². The molecule has 0 saturated heterocycles. The molecule has 2 aromatic heterocycles. The van der Waals surface area contributed by atoms with Crippen LogP contribution in [0.1, 0.15) is 24.9 Å². The Hall–Kier alpha value is -1.69. The van der Waals surface area contributed by atoms with Crippen molar-refractivity contribution in [2.75, 3.05) is 6.54 Å². The molecule has 0 unspecified atom stereocenters. The first-order valence-electron chi connectivity index (χ1n) is 5.85. The smallest absolute Gasteiger partial charge is 0.130 e. The molecule has 0 bridgehead atoms. The summed E-state index contributed by atoms with van der Waals surface area (Å²) in [5.41, 5.74) is 0.965. The lowest BCUT2D eigenvalue weighted by Crippen LogP contribution is -2.14. The fourth-order valence-electron chi connectivity index (χ4n) is 1.58. The number of aryl methyl sites for hydroxylation is 1. The molecule has 0 spiro atoms. The van der Waals surface area contributed by atoms with E-state index in [0.29, 0.717) is 6.54 Å². The van der Waals surface area contributed by atoms with Crippen LogP contribution in [-0.4, -0.2) is 31.1 Å². The molecular weight excluding hydrogens is 216 g/mol. The van der Waals surface area contributed by atoms with Gasteiger partial charge in [0.2, 0.25) is 0 Å². The summed E-state index contributed by atoms with van der Waals surface area (Å²) < 4.78 is 3.79. The van der Waals surface area contributed by atoms with E-state index in [0.717, 1.165) is 31.0 Å². The summed E-state index contributed by atoms with van der Waals surface area (Å²) in [5, 5.41) is 11.5. The van der Waals surface area contributed by atoms with Crippen molar-refractivity contribution in [1.29, 1.82) is 0 Å². The molecule has 17 heavy (non-hydrogen) atoms. The molecule has 6 nitrogen and oxygen atoms in total. The molecule has 0 atom stereocenters. The van der Waals surface area contributed by atoms with Gasteiger partial charge >= 0.3 is 0 Å². The molecule has 0 fully saturated rings. The lowest BCUT2D eigenvalue weighted by molar-refractivity contribution is 0.606. The van der Waals surface area contributed by atoms with Gasteiger partial charge in [-0.3, -0.25) is 0 Å². The van der Waals surface area contributed by atoms with E-state index >= 15 is 0 Å². The third kappa shape index (κ3) is 3.13. The Morgan fingerprint density at radius 2 is 2.29 bits per heavy atom. The highest BCUT2D eigenvalue weighted by Gasteiger charge is 2.03. The van der Waals surface area contributed by atoms with E-state index in [1.165, 1.54) is 0 Å². The summed E-state index contributed by atoms with van der Waals surface area (Å²) in [5.74, 6) is 0.975. The number of imidazole rings is 1. The van der Waals surface area contributed by atoms with Crippen molar-refractivity contribution in [3.05, 3.63) is 30.1 Å². The summed E-state index contributed by atoms with van der Waals surface area (Å²) in [6.45, 7) is 4.58. The van der Waals surface area contributed by atoms with Crippen molar-refractivity contribution in [2.45, 2.75) is 26.4 Å². The monoisotopic (exact) mass is 234 g/mol. The van der Waals surface area contributed by atoms with Crippen LogP contribution >= 0.6 is 0 Å². The second-order valence-corrected chi connectivity index (χ2v) is 4.04. The average molecular weight is 234 g/mol. The standard InChI is InChI=1S/C11H18N6/c1-3-4-12-7-10-8-17(15-14-10)9-11-13-5-6-16(11)2/h5-6,8,12H,3-4,7,9H2,1-2H3. The van der Waals surface area contributed by atoms with Gasteiger partial charge < -0.3 is 9.88 Å². The van der Waals surface area contributed by atoms with Gasteiger partial charge in [-0.15, -0.1) is 5.10 Å². The molecule has 0 aromatic carbocycles. The zero-order valence-electron chi connectivity index (χ0n) is 10.3. The fraction of sp³-hybridized carbons (Fsp3) is 0.545. The number of nitrogens with zero attached hydrogens (tertiary/aromatic N) is 5. The van der Waals surface area contributed by atoms with E-state index in [1.54, 1.807) is 6.20 Å². The minimum absolute atomic E-state index is 0.657. The second-order valence-electron chi connectivity index (χ2n) is 4.04. The van der Waals surface area contributed by atoms with Crippen LogP contribution in [0, 0.1) is 0 Å². The maximum Gasteiger partial charge on any atom is 0.130 e. The Labute approximate surface area is 101 Å². The molecule has 0 aliphatic rings.